The summed E-state index contributed by atoms with van der Waals surface area (Å²) in [5.41, 5.74) is 2.25. The third-order valence-corrected chi connectivity index (χ3v) is 4.07. The standard InChI is InChI=1S/C16H22N2O3/c1-11-4-6-13(7-5-11)9-17(3)16(21)18-8-12(2)14(10-18)15(19)20/h4-7,12,14H,8-10H2,1-3H3,(H,19,20). The lowest BCUT2D eigenvalue weighted by Gasteiger charge is -2.24. The van der Waals surface area contributed by atoms with Gasteiger partial charge < -0.3 is 14.9 Å². The maximum absolute atomic E-state index is 12.4. The van der Waals surface area contributed by atoms with Crippen LogP contribution < -0.4 is 0 Å². The first-order valence-electron chi connectivity index (χ1n) is 7.17. The number of rotatable bonds is 3. The summed E-state index contributed by atoms with van der Waals surface area (Å²) in [5.74, 6) is -1.28. The summed E-state index contributed by atoms with van der Waals surface area (Å²) < 4.78 is 0. The second-order valence-electron chi connectivity index (χ2n) is 5.95. The molecule has 0 bridgehead atoms. The second-order valence-corrected chi connectivity index (χ2v) is 5.95. The molecule has 1 aliphatic heterocycles. The number of hydrogen-bond donors (Lipinski definition) is 1. The number of carbonyl (C=O) groups excluding carboxylic acids is 1. The van der Waals surface area contributed by atoms with Crippen molar-refractivity contribution in [3.05, 3.63) is 35.4 Å². The largest absolute Gasteiger partial charge is 0.481 e. The monoisotopic (exact) mass is 290 g/mol. The smallest absolute Gasteiger partial charge is 0.320 e. The van der Waals surface area contributed by atoms with Crippen molar-refractivity contribution in [2.45, 2.75) is 20.4 Å². The zero-order chi connectivity index (χ0) is 15.6. The molecule has 5 heteroatoms. The van der Waals surface area contributed by atoms with Crippen molar-refractivity contribution in [3.63, 3.8) is 0 Å². The molecule has 2 amide bonds. The molecule has 0 saturated carbocycles. The molecule has 0 spiro atoms. The van der Waals surface area contributed by atoms with Crippen molar-refractivity contribution in [2.24, 2.45) is 11.8 Å². The zero-order valence-corrected chi connectivity index (χ0v) is 12.7. The van der Waals surface area contributed by atoms with E-state index < -0.39 is 11.9 Å². The van der Waals surface area contributed by atoms with Crippen LogP contribution >= 0.6 is 0 Å². The van der Waals surface area contributed by atoms with Crippen LogP contribution in [0, 0.1) is 18.8 Å². The third-order valence-electron chi connectivity index (χ3n) is 4.07. The van der Waals surface area contributed by atoms with Crippen molar-refractivity contribution in [1.29, 1.82) is 0 Å². The van der Waals surface area contributed by atoms with Crippen LogP contribution in [0.5, 0.6) is 0 Å². The molecule has 1 saturated heterocycles. The van der Waals surface area contributed by atoms with Crippen molar-refractivity contribution >= 4 is 12.0 Å². The van der Waals surface area contributed by atoms with Crippen LogP contribution in [0.4, 0.5) is 4.79 Å². The van der Waals surface area contributed by atoms with Gasteiger partial charge in [-0.3, -0.25) is 4.79 Å². The molecule has 1 fully saturated rings. The van der Waals surface area contributed by atoms with E-state index in [9.17, 15) is 9.59 Å². The van der Waals surface area contributed by atoms with Gasteiger partial charge in [0.25, 0.3) is 0 Å². The number of benzene rings is 1. The summed E-state index contributed by atoms with van der Waals surface area (Å²) in [4.78, 5) is 26.8. The van der Waals surface area contributed by atoms with Crippen molar-refractivity contribution in [2.75, 3.05) is 20.1 Å². The van der Waals surface area contributed by atoms with Gasteiger partial charge in [0, 0.05) is 26.7 Å². The number of aliphatic carboxylic acids is 1. The van der Waals surface area contributed by atoms with Gasteiger partial charge in [-0.15, -0.1) is 0 Å². The molecule has 2 unspecified atom stereocenters. The number of aryl methyl sites for hydroxylation is 1. The topological polar surface area (TPSA) is 60.9 Å². The Morgan fingerprint density at radius 3 is 2.43 bits per heavy atom. The minimum Gasteiger partial charge on any atom is -0.481 e. The molecule has 21 heavy (non-hydrogen) atoms. The maximum Gasteiger partial charge on any atom is 0.320 e. The summed E-state index contributed by atoms with van der Waals surface area (Å²) >= 11 is 0. The van der Waals surface area contributed by atoms with Crippen molar-refractivity contribution in [3.8, 4) is 0 Å². The highest BCUT2D eigenvalue weighted by molar-refractivity contribution is 5.77. The first kappa shape index (κ1) is 15.4. The zero-order valence-electron chi connectivity index (χ0n) is 12.7. The van der Waals surface area contributed by atoms with E-state index in [1.807, 2.05) is 38.1 Å². The number of urea groups is 1. The molecule has 1 N–H and O–H groups in total. The molecule has 0 radical (unpaired) electrons. The predicted octanol–water partition coefficient (Wildman–Crippen LogP) is 2.20. The molecule has 1 heterocycles. The van der Waals surface area contributed by atoms with Crippen molar-refractivity contribution in [1.82, 2.24) is 9.80 Å². The number of carboxylic acid groups (broad SMARTS) is 1. The molecular formula is C16H22N2O3. The van der Waals surface area contributed by atoms with Gasteiger partial charge in [-0.25, -0.2) is 4.79 Å². The number of hydrogen-bond acceptors (Lipinski definition) is 2. The second kappa shape index (κ2) is 6.16. The Kier molecular flexibility index (Phi) is 4.50. The molecular weight excluding hydrogens is 268 g/mol. The lowest BCUT2D eigenvalue weighted by Crippen LogP contribution is -2.40. The Bertz CT molecular complexity index is 527. The van der Waals surface area contributed by atoms with Crippen LogP contribution in [0.2, 0.25) is 0 Å². The van der Waals surface area contributed by atoms with E-state index in [4.69, 9.17) is 5.11 Å². The van der Waals surface area contributed by atoms with Crippen LogP contribution in [-0.2, 0) is 11.3 Å². The first-order chi connectivity index (χ1) is 9.88. The average molecular weight is 290 g/mol. The van der Waals surface area contributed by atoms with Gasteiger partial charge in [0.1, 0.15) is 0 Å². The Morgan fingerprint density at radius 2 is 1.90 bits per heavy atom. The van der Waals surface area contributed by atoms with E-state index in [-0.39, 0.29) is 11.9 Å². The van der Waals surface area contributed by atoms with Gasteiger partial charge in [-0.2, -0.15) is 0 Å². The average Bonchev–Trinajstić information content (AvgIpc) is 2.82. The van der Waals surface area contributed by atoms with Crippen molar-refractivity contribution < 1.29 is 14.7 Å². The first-order valence-corrected chi connectivity index (χ1v) is 7.17. The van der Waals surface area contributed by atoms with Crippen LogP contribution in [0.15, 0.2) is 24.3 Å². The highest BCUT2D eigenvalue weighted by Gasteiger charge is 2.37. The summed E-state index contributed by atoms with van der Waals surface area (Å²) in [5, 5.41) is 9.13. The van der Waals surface area contributed by atoms with Crippen LogP contribution in [0.25, 0.3) is 0 Å². The maximum atomic E-state index is 12.4. The minimum absolute atomic E-state index is 0.000718. The fourth-order valence-corrected chi connectivity index (χ4v) is 2.72. The Balaban J connectivity index is 1.97. The normalized spacial score (nSPS) is 21.4. The van der Waals surface area contributed by atoms with E-state index >= 15 is 0 Å². The summed E-state index contributed by atoms with van der Waals surface area (Å²) in [6.45, 7) is 5.24. The number of carboxylic acids is 1. The van der Waals surface area contributed by atoms with Crippen LogP contribution in [0.3, 0.4) is 0 Å². The lowest BCUT2D eigenvalue weighted by molar-refractivity contribution is -0.142. The Labute approximate surface area is 125 Å². The molecule has 1 aromatic rings. The summed E-state index contributed by atoms with van der Waals surface area (Å²) in [7, 11) is 1.75. The highest BCUT2D eigenvalue weighted by Crippen LogP contribution is 2.24. The predicted molar refractivity (Wildman–Crippen MR) is 79.9 cm³/mol. The van der Waals surface area contributed by atoms with Gasteiger partial charge in [-0.05, 0) is 18.4 Å². The summed E-state index contributed by atoms with van der Waals surface area (Å²) in [6.07, 6.45) is 0. The van der Waals surface area contributed by atoms with E-state index in [0.717, 1.165) is 5.56 Å². The van der Waals surface area contributed by atoms with Crippen LogP contribution in [-0.4, -0.2) is 47.0 Å². The molecule has 0 aromatic heterocycles. The lowest BCUT2D eigenvalue weighted by atomic mass is 9.99. The quantitative estimate of drug-likeness (QED) is 0.928. The molecule has 5 nitrogen and oxygen atoms in total. The SMILES string of the molecule is Cc1ccc(CN(C)C(=O)N2CC(C)C(C(=O)O)C2)cc1. The number of carbonyl (C=O) groups is 2. The minimum atomic E-state index is -0.820. The Morgan fingerprint density at radius 1 is 1.29 bits per heavy atom. The molecule has 1 aliphatic rings. The van der Waals surface area contributed by atoms with E-state index in [0.29, 0.717) is 19.6 Å². The molecule has 1 aromatic carbocycles. The van der Waals surface area contributed by atoms with E-state index in [2.05, 4.69) is 0 Å². The van der Waals surface area contributed by atoms with Gasteiger partial charge in [0.15, 0.2) is 0 Å². The molecule has 2 rings (SSSR count). The fourth-order valence-electron chi connectivity index (χ4n) is 2.72. The van der Waals surface area contributed by atoms with Gasteiger partial charge >= 0.3 is 12.0 Å². The Hall–Kier alpha value is -2.04. The van der Waals surface area contributed by atoms with Gasteiger partial charge in [0.2, 0.25) is 0 Å². The number of nitrogens with zero attached hydrogens (tertiary/aromatic N) is 2. The van der Waals surface area contributed by atoms with Gasteiger partial charge in [0.05, 0.1) is 5.92 Å². The molecule has 2 atom stereocenters. The van der Waals surface area contributed by atoms with E-state index in [1.54, 1.807) is 16.8 Å². The van der Waals surface area contributed by atoms with Gasteiger partial charge in [-0.1, -0.05) is 36.8 Å². The molecule has 114 valence electrons. The van der Waals surface area contributed by atoms with Crippen LogP contribution in [0.1, 0.15) is 18.1 Å². The highest BCUT2D eigenvalue weighted by atomic mass is 16.4. The van der Waals surface area contributed by atoms with E-state index in [1.165, 1.54) is 5.56 Å². The molecule has 0 aliphatic carbocycles. The third kappa shape index (κ3) is 3.54. The summed E-state index contributed by atoms with van der Waals surface area (Å²) in [6, 6.07) is 7.95. The number of amides is 2. The number of likely N-dealkylation sites (tertiary alicyclic amines) is 1. The fraction of sp³-hybridized carbons (Fsp3) is 0.500.